The molecule has 128 valence electrons. The first kappa shape index (κ1) is 16.8. The summed E-state index contributed by atoms with van der Waals surface area (Å²) in [6.07, 6.45) is 2.35. The van der Waals surface area contributed by atoms with E-state index in [9.17, 15) is 4.79 Å². The fraction of sp³-hybridized carbons (Fsp3) is 0.471. The summed E-state index contributed by atoms with van der Waals surface area (Å²) < 4.78 is 5.35. The second-order valence-corrected chi connectivity index (χ2v) is 7.61. The molecule has 6 nitrogen and oxygen atoms in total. The number of nitrogens with one attached hydrogen (secondary N) is 1. The molecule has 24 heavy (non-hydrogen) atoms. The molecule has 0 bridgehead atoms. The Kier molecular flexibility index (Phi) is 4.54. The first-order chi connectivity index (χ1) is 11.4. The van der Waals surface area contributed by atoms with Crippen molar-refractivity contribution in [1.82, 2.24) is 15.2 Å². The van der Waals surface area contributed by atoms with E-state index in [0.29, 0.717) is 16.8 Å². The lowest BCUT2D eigenvalue weighted by molar-refractivity contribution is -0.117. The maximum atomic E-state index is 12.9. The summed E-state index contributed by atoms with van der Waals surface area (Å²) >= 11 is 1.37. The summed E-state index contributed by atoms with van der Waals surface area (Å²) in [6, 6.07) is 5.94. The summed E-state index contributed by atoms with van der Waals surface area (Å²) in [5.41, 5.74) is 1.90. The zero-order valence-electron chi connectivity index (χ0n) is 14.4. The fourth-order valence-electron chi connectivity index (χ4n) is 3.46. The molecule has 0 saturated heterocycles. The van der Waals surface area contributed by atoms with E-state index < -0.39 is 0 Å². The molecule has 1 aliphatic heterocycles. The third-order valence-electron chi connectivity index (χ3n) is 4.39. The van der Waals surface area contributed by atoms with Crippen LogP contribution in [0.5, 0.6) is 5.75 Å². The monoisotopic (exact) mass is 346 g/mol. The lowest BCUT2D eigenvalue weighted by atomic mass is 9.80. The summed E-state index contributed by atoms with van der Waals surface area (Å²) in [7, 11) is 1.66. The Morgan fingerprint density at radius 2 is 2.29 bits per heavy atom. The molecular formula is C17H22N4O2S. The van der Waals surface area contributed by atoms with Crippen molar-refractivity contribution in [2.24, 2.45) is 0 Å². The molecular weight excluding hydrogens is 324 g/mol. The summed E-state index contributed by atoms with van der Waals surface area (Å²) in [4.78, 5) is 18.9. The van der Waals surface area contributed by atoms with E-state index in [-0.39, 0.29) is 11.4 Å². The Labute approximate surface area is 146 Å². The van der Waals surface area contributed by atoms with Gasteiger partial charge in [0.05, 0.1) is 12.9 Å². The molecule has 0 fully saturated rings. The standard InChI is InChI=1S/C17H22N4O2S/c1-11-8-17(2,3)21(14-6-5-12(23-4)7-13(11)14)15(22)9-24-16-18-10-19-20-16/h5-7,10-11H,8-9H2,1-4H3,(H,18,19,20)/t11-/m0/s1. The third kappa shape index (κ3) is 3.13. The van der Waals surface area contributed by atoms with E-state index in [0.717, 1.165) is 23.4 Å². The van der Waals surface area contributed by atoms with Crippen LogP contribution in [0.1, 0.15) is 38.7 Å². The van der Waals surface area contributed by atoms with Crippen LogP contribution in [-0.4, -0.2) is 39.5 Å². The number of hydrogen-bond donors (Lipinski definition) is 1. The van der Waals surface area contributed by atoms with Crippen LogP contribution in [0.15, 0.2) is 29.7 Å². The highest BCUT2D eigenvalue weighted by atomic mass is 32.2. The van der Waals surface area contributed by atoms with Crippen LogP contribution >= 0.6 is 11.8 Å². The zero-order chi connectivity index (χ0) is 17.3. The molecule has 2 aromatic rings. The van der Waals surface area contributed by atoms with Crippen molar-refractivity contribution in [2.75, 3.05) is 17.8 Å². The van der Waals surface area contributed by atoms with Gasteiger partial charge in [0.25, 0.3) is 0 Å². The minimum atomic E-state index is -0.236. The molecule has 1 aliphatic rings. The van der Waals surface area contributed by atoms with Gasteiger partial charge < -0.3 is 9.64 Å². The van der Waals surface area contributed by atoms with Crippen LogP contribution < -0.4 is 9.64 Å². The number of amides is 1. The van der Waals surface area contributed by atoms with Gasteiger partial charge in [0.15, 0.2) is 5.16 Å². The van der Waals surface area contributed by atoms with Crippen molar-refractivity contribution < 1.29 is 9.53 Å². The number of aromatic nitrogens is 3. The summed E-state index contributed by atoms with van der Waals surface area (Å²) in [5.74, 6) is 1.58. The molecule has 0 spiro atoms. The highest BCUT2D eigenvalue weighted by molar-refractivity contribution is 7.99. The van der Waals surface area contributed by atoms with Crippen LogP contribution in [0.3, 0.4) is 0 Å². The highest BCUT2D eigenvalue weighted by Gasteiger charge is 2.39. The minimum absolute atomic E-state index is 0.0692. The number of H-pyrrole nitrogens is 1. The summed E-state index contributed by atoms with van der Waals surface area (Å²) in [6.45, 7) is 6.44. The Hall–Kier alpha value is -2.02. The Morgan fingerprint density at radius 1 is 1.50 bits per heavy atom. The molecule has 1 N–H and O–H groups in total. The minimum Gasteiger partial charge on any atom is -0.497 e. The predicted octanol–water partition coefficient (Wildman–Crippen LogP) is 3.22. The third-order valence-corrected chi connectivity index (χ3v) is 5.25. The topological polar surface area (TPSA) is 71.1 Å². The van der Waals surface area contributed by atoms with E-state index in [1.54, 1.807) is 7.11 Å². The van der Waals surface area contributed by atoms with Gasteiger partial charge in [-0.1, -0.05) is 18.7 Å². The molecule has 1 atom stereocenters. The largest absolute Gasteiger partial charge is 0.497 e. The van der Waals surface area contributed by atoms with E-state index >= 15 is 0 Å². The predicted molar refractivity (Wildman–Crippen MR) is 94.7 cm³/mol. The lowest BCUT2D eigenvalue weighted by Crippen LogP contribution is -2.52. The van der Waals surface area contributed by atoms with Crippen LogP contribution in [0.4, 0.5) is 5.69 Å². The molecule has 7 heteroatoms. The van der Waals surface area contributed by atoms with Crippen molar-refractivity contribution in [1.29, 1.82) is 0 Å². The second-order valence-electron chi connectivity index (χ2n) is 6.65. The number of rotatable bonds is 4. The van der Waals surface area contributed by atoms with Gasteiger partial charge in [-0.05, 0) is 49.9 Å². The molecule has 0 radical (unpaired) electrons. The second kappa shape index (κ2) is 6.47. The number of benzene rings is 1. The Morgan fingerprint density at radius 3 is 2.96 bits per heavy atom. The number of carbonyl (C=O) groups excluding carboxylic acids is 1. The number of thioether (sulfide) groups is 1. The van der Waals surface area contributed by atoms with Crippen LogP contribution in [0, 0.1) is 0 Å². The van der Waals surface area contributed by atoms with E-state index in [1.807, 2.05) is 23.1 Å². The van der Waals surface area contributed by atoms with Gasteiger partial charge in [-0.25, -0.2) is 4.98 Å². The zero-order valence-corrected chi connectivity index (χ0v) is 15.2. The lowest BCUT2D eigenvalue weighted by Gasteiger charge is -2.46. The number of aromatic amines is 1. The Balaban J connectivity index is 1.90. The van der Waals surface area contributed by atoms with Crippen molar-refractivity contribution >= 4 is 23.4 Å². The van der Waals surface area contributed by atoms with Crippen LogP contribution in [0.25, 0.3) is 0 Å². The normalized spacial score (nSPS) is 19.0. The molecule has 2 heterocycles. The quantitative estimate of drug-likeness (QED) is 0.861. The van der Waals surface area contributed by atoms with E-state index in [1.165, 1.54) is 18.1 Å². The average molecular weight is 346 g/mol. The number of hydrogen-bond acceptors (Lipinski definition) is 5. The SMILES string of the molecule is COc1ccc2c(c1)[C@@H](C)CC(C)(C)N2C(=O)CSc1ncn[nH]1. The first-order valence-corrected chi connectivity index (χ1v) is 8.90. The maximum Gasteiger partial charge on any atom is 0.237 e. The van der Waals surface area contributed by atoms with Crippen LogP contribution in [-0.2, 0) is 4.79 Å². The number of ether oxygens (including phenoxy) is 1. The smallest absolute Gasteiger partial charge is 0.237 e. The highest BCUT2D eigenvalue weighted by Crippen LogP contribution is 2.44. The van der Waals surface area contributed by atoms with Crippen molar-refractivity contribution in [3.63, 3.8) is 0 Å². The average Bonchev–Trinajstić information content (AvgIpc) is 3.05. The fourth-order valence-corrected chi connectivity index (χ4v) is 4.09. The molecule has 0 unspecified atom stereocenters. The van der Waals surface area contributed by atoms with Crippen LogP contribution in [0.2, 0.25) is 0 Å². The van der Waals surface area contributed by atoms with E-state index in [4.69, 9.17) is 4.74 Å². The van der Waals surface area contributed by atoms with Gasteiger partial charge in [0.2, 0.25) is 5.91 Å². The van der Waals surface area contributed by atoms with Gasteiger partial charge >= 0.3 is 0 Å². The van der Waals surface area contributed by atoms with Crippen molar-refractivity contribution in [3.8, 4) is 5.75 Å². The number of nitrogens with zero attached hydrogens (tertiary/aromatic N) is 3. The number of carbonyl (C=O) groups is 1. The molecule has 0 aliphatic carbocycles. The van der Waals surface area contributed by atoms with Crippen molar-refractivity contribution in [3.05, 3.63) is 30.1 Å². The number of fused-ring (bicyclic) bond motifs is 1. The molecule has 1 aromatic heterocycles. The summed E-state index contributed by atoms with van der Waals surface area (Å²) in [5, 5.41) is 7.24. The Bertz CT molecular complexity index is 730. The first-order valence-electron chi connectivity index (χ1n) is 7.91. The van der Waals surface area contributed by atoms with Gasteiger partial charge in [0, 0.05) is 11.2 Å². The van der Waals surface area contributed by atoms with Gasteiger partial charge in [-0.15, -0.1) is 0 Å². The van der Waals surface area contributed by atoms with Gasteiger partial charge in [0.1, 0.15) is 12.1 Å². The maximum absolute atomic E-state index is 12.9. The van der Waals surface area contributed by atoms with E-state index in [2.05, 4.69) is 36.0 Å². The molecule has 1 aromatic carbocycles. The van der Waals surface area contributed by atoms with Crippen molar-refractivity contribution in [2.45, 2.75) is 43.8 Å². The van der Waals surface area contributed by atoms with Gasteiger partial charge in [-0.2, -0.15) is 5.10 Å². The number of anilines is 1. The van der Waals surface area contributed by atoms with Gasteiger partial charge in [-0.3, -0.25) is 9.89 Å². The molecule has 0 saturated carbocycles. The number of methoxy groups -OCH3 is 1. The molecule has 3 rings (SSSR count). The molecule has 1 amide bonds.